The average Bonchev–Trinajstić information content (AvgIpc) is 2.03. The maximum absolute atomic E-state index is 8.64. The lowest BCUT2D eigenvalue weighted by Crippen LogP contribution is -2.00. The van der Waals surface area contributed by atoms with Gasteiger partial charge in [0.05, 0.1) is 6.07 Å². The number of rotatable bonds is 5. The molecule has 0 aromatic carbocycles. The Kier molecular flexibility index (Phi) is 6.32. The minimum atomic E-state index is 0.210. The average molecular weight is 179 g/mol. The fourth-order valence-electron chi connectivity index (χ4n) is 1.43. The minimum absolute atomic E-state index is 0.210. The zero-order valence-electron chi connectivity index (χ0n) is 9.30. The first kappa shape index (κ1) is 12.2. The lowest BCUT2D eigenvalue weighted by molar-refractivity contribution is 0.446. The molecule has 0 bridgehead atoms. The second kappa shape index (κ2) is 6.71. The van der Waals surface area contributed by atoms with Crippen LogP contribution in [0.25, 0.3) is 0 Å². The Bertz CT molecular complexity index is 194. The van der Waals surface area contributed by atoms with E-state index in [0.29, 0.717) is 5.92 Å². The summed E-state index contributed by atoms with van der Waals surface area (Å²) >= 11 is 0. The van der Waals surface area contributed by atoms with Gasteiger partial charge in [-0.15, -0.1) is 0 Å². The Hall–Kier alpha value is -0.770. The summed E-state index contributed by atoms with van der Waals surface area (Å²) in [5.41, 5.74) is 1.39. The van der Waals surface area contributed by atoms with Crippen LogP contribution >= 0.6 is 0 Å². The van der Waals surface area contributed by atoms with Gasteiger partial charge >= 0.3 is 0 Å². The molecule has 0 aliphatic rings. The summed E-state index contributed by atoms with van der Waals surface area (Å²) in [7, 11) is 0. The van der Waals surface area contributed by atoms with Crippen molar-refractivity contribution in [3.8, 4) is 6.07 Å². The Morgan fingerprint density at radius 1 is 1.38 bits per heavy atom. The van der Waals surface area contributed by atoms with Gasteiger partial charge in [-0.25, -0.2) is 0 Å². The van der Waals surface area contributed by atoms with Crippen LogP contribution in [0.3, 0.4) is 0 Å². The number of allylic oxidation sites excluding steroid dienone is 2. The maximum atomic E-state index is 8.64. The van der Waals surface area contributed by atoms with E-state index in [0.717, 1.165) is 12.8 Å². The molecule has 0 heterocycles. The largest absolute Gasteiger partial charge is 0.198 e. The fraction of sp³-hybridized carbons (Fsp3) is 0.750. The van der Waals surface area contributed by atoms with Gasteiger partial charge in [0.25, 0.3) is 0 Å². The van der Waals surface area contributed by atoms with Crippen LogP contribution in [-0.4, -0.2) is 0 Å². The molecule has 0 N–H and O–H groups in total. The highest BCUT2D eigenvalue weighted by molar-refractivity contribution is 4.93. The smallest absolute Gasteiger partial charge is 0.0652 e. The van der Waals surface area contributed by atoms with Crippen LogP contribution in [-0.2, 0) is 0 Å². The normalized spacial score (nSPS) is 14.4. The van der Waals surface area contributed by atoms with Gasteiger partial charge in [0.1, 0.15) is 0 Å². The summed E-state index contributed by atoms with van der Waals surface area (Å²) < 4.78 is 0. The Morgan fingerprint density at radius 3 is 2.46 bits per heavy atom. The van der Waals surface area contributed by atoms with Crippen molar-refractivity contribution in [1.82, 2.24) is 0 Å². The van der Waals surface area contributed by atoms with Crippen LogP contribution in [0, 0.1) is 23.2 Å². The van der Waals surface area contributed by atoms with Crippen LogP contribution in [0.5, 0.6) is 0 Å². The Morgan fingerprint density at radius 2 is 2.00 bits per heavy atom. The predicted octanol–water partition coefficient (Wildman–Crippen LogP) is 3.92. The minimum Gasteiger partial charge on any atom is -0.198 e. The molecule has 74 valence electrons. The van der Waals surface area contributed by atoms with Crippen molar-refractivity contribution in [2.24, 2.45) is 11.8 Å². The topological polar surface area (TPSA) is 23.8 Å². The van der Waals surface area contributed by atoms with Gasteiger partial charge in [0.15, 0.2) is 0 Å². The van der Waals surface area contributed by atoms with Gasteiger partial charge in [-0.2, -0.15) is 5.26 Å². The highest BCUT2D eigenvalue weighted by Crippen LogP contribution is 2.16. The standard InChI is InChI=1S/C12H21N/c1-10(2)6-5-7-11(3)8-12(4)9-13/h6,11-12H,5,7-8H2,1-4H3/t11-,12?/m0/s1. The van der Waals surface area contributed by atoms with Crippen molar-refractivity contribution in [3.63, 3.8) is 0 Å². The van der Waals surface area contributed by atoms with E-state index in [2.05, 4.69) is 32.9 Å². The second-order valence-electron chi connectivity index (χ2n) is 4.23. The third kappa shape index (κ3) is 7.59. The first-order chi connectivity index (χ1) is 6.06. The molecule has 1 unspecified atom stereocenters. The molecule has 13 heavy (non-hydrogen) atoms. The van der Waals surface area contributed by atoms with E-state index in [-0.39, 0.29) is 5.92 Å². The molecular formula is C12H21N. The lowest BCUT2D eigenvalue weighted by atomic mass is 9.94. The van der Waals surface area contributed by atoms with Crippen molar-refractivity contribution in [2.45, 2.75) is 47.0 Å². The van der Waals surface area contributed by atoms with E-state index in [4.69, 9.17) is 5.26 Å². The van der Waals surface area contributed by atoms with E-state index in [1.807, 2.05) is 6.92 Å². The monoisotopic (exact) mass is 179 g/mol. The van der Waals surface area contributed by atoms with Crippen molar-refractivity contribution < 1.29 is 0 Å². The quantitative estimate of drug-likeness (QED) is 0.587. The Balaban J connectivity index is 3.58. The molecule has 2 atom stereocenters. The summed E-state index contributed by atoms with van der Waals surface area (Å²) in [5.74, 6) is 0.881. The molecule has 0 rings (SSSR count). The lowest BCUT2D eigenvalue weighted by Gasteiger charge is -2.10. The van der Waals surface area contributed by atoms with E-state index >= 15 is 0 Å². The number of nitrogens with zero attached hydrogens (tertiary/aromatic N) is 1. The Labute approximate surface area is 82.5 Å². The summed E-state index contributed by atoms with van der Waals surface area (Å²) in [6.07, 6.45) is 5.67. The van der Waals surface area contributed by atoms with E-state index < -0.39 is 0 Å². The molecule has 1 heteroatoms. The summed E-state index contributed by atoms with van der Waals surface area (Å²) in [5, 5.41) is 8.64. The zero-order valence-corrected chi connectivity index (χ0v) is 9.30. The number of nitriles is 1. The molecule has 0 saturated carbocycles. The molecule has 0 aliphatic heterocycles. The molecule has 0 radical (unpaired) electrons. The van der Waals surface area contributed by atoms with E-state index in [1.54, 1.807) is 0 Å². The SMILES string of the molecule is CC(C)=CCC[C@H](C)CC(C)C#N. The fourth-order valence-corrected chi connectivity index (χ4v) is 1.43. The molecular weight excluding hydrogens is 158 g/mol. The first-order valence-corrected chi connectivity index (χ1v) is 5.09. The molecule has 0 spiro atoms. The van der Waals surface area contributed by atoms with Crippen LogP contribution < -0.4 is 0 Å². The van der Waals surface area contributed by atoms with Crippen molar-refractivity contribution in [1.29, 1.82) is 5.26 Å². The van der Waals surface area contributed by atoms with Crippen molar-refractivity contribution in [2.75, 3.05) is 0 Å². The van der Waals surface area contributed by atoms with Crippen LogP contribution in [0.2, 0.25) is 0 Å². The van der Waals surface area contributed by atoms with Gasteiger partial charge in [0, 0.05) is 5.92 Å². The van der Waals surface area contributed by atoms with Crippen LogP contribution in [0.4, 0.5) is 0 Å². The predicted molar refractivity (Wildman–Crippen MR) is 57.2 cm³/mol. The number of hydrogen-bond acceptors (Lipinski definition) is 1. The van der Waals surface area contributed by atoms with Crippen molar-refractivity contribution >= 4 is 0 Å². The summed E-state index contributed by atoms with van der Waals surface area (Å²) in [6, 6.07) is 2.28. The molecule has 1 nitrogen and oxygen atoms in total. The molecule has 0 saturated heterocycles. The van der Waals surface area contributed by atoms with Gasteiger partial charge in [-0.1, -0.05) is 18.6 Å². The third-order valence-corrected chi connectivity index (χ3v) is 2.19. The van der Waals surface area contributed by atoms with Gasteiger partial charge in [-0.3, -0.25) is 0 Å². The molecule has 0 aromatic heterocycles. The third-order valence-electron chi connectivity index (χ3n) is 2.19. The van der Waals surface area contributed by atoms with E-state index in [9.17, 15) is 0 Å². The van der Waals surface area contributed by atoms with Gasteiger partial charge in [0.2, 0.25) is 0 Å². The highest BCUT2D eigenvalue weighted by atomic mass is 14.3. The zero-order chi connectivity index (χ0) is 10.3. The van der Waals surface area contributed by atoms with Gasteiger partial charge in [-0.05, 0) is 46.0 Å². The van der Waals surface area contributed by atoms with E-state index in [1.165, 1.54) is 12.0 Å². The summed E-state index contributed by atoms with van der Waals surface area (Å²) in [6.45, 7) is 8.48. The number of hydrogen-bond donors (Lipinski definition) is 0. The molecule has 0 amide bonds. The van der Waals surface area contributed by atoms with Crippen LogP contribution in [0.1, 0.15) is 47.0 Å². The van der Waals surface area contributed by atoms with Crippen LogP contribution in [0.15, 0.2) is 11.6 Å². The molecule has 0 aliphatic carbocycles. The first-order valence-electron chi connectivity index (χ1n) is 5.09. The van der Waals surface area contributed by atoms with Crippen molar-refractivity contribution in [3.05, 3.63) is 11.6 Å². The second-order valence-corrected chi connectivity index (χ2v) is 4.23. The van der Waals surface area contributed by atoms with Gasteiger partial charge < -0.3 is 0 Å². The maximum Gasteiger partial charge on any atom is 0.0652 e. The summed E-state index contributed by atoms with van der Waals surface area (Å²) in [4.78, 5) is 0. The molecule has 0 aromatic rings. The highest BCUT2D eigenvalue weighted by Gasteiger charge is 2.06. The molecule has 0 fully saturated rings.